The first kappa shape index (κ1) is 14.9. The van der Waals surface area contributed by atoms with E-state index >= 15 is 0 Å². The number of carbonyl (C=O) groups is 2. The number of hydrogen-bond acceptors (Lipinski definition) is 4. The summed E-state index contributed by atoms with van der Waals surface area (Å²) in [4.78, 5) is 23.1. The van der Waals surface area contributed by atoms with Crippen molar-refractivity contribution >= 4 is 11.9 Å². The second kappa shape index (κ2) is 6.70. The van der Waals surface area contributed by atoms with Gasteiger partial charge in [-0.15, -0.1) is 0 Å². The van der Waals surface area contributed by atoms with Gasteiger partial charge in [0.1, 0.15) is 0 Å². The number of aliphatic carboxylic acids is 1. The fourth-order valence-electron chi connectivity index (χ4n) is 2.50. The lowest BCUT2D eigenvalue weighted by Crippen LogP contribution is -2.44. The van der Waals surface area contributed by atoms with E-state index in [0.717, 1.165) is 6.42 Å². The third kappa shape index (κ3) is 3.43. The minimum absolute atomic E-state index is 0.253. The zero-order valence-electron chi connectivity index (χ0n) is 10.5. The van der Waals surface area contributed by atoms with Gasteiger partial charge >= 0.3 is 5.97 Å². The Bertz CT molecular complexity index is 303. The van der Waals surface area contributed by atoms with Crippen molar-refractivity contribution in [3.8, 4) is 0 Å². The lowest BCUT2D eigenvalue weighted by molar-refractivity contribution is -0.146. The van der Waals surface area contributed by atoms with Crippen molar-refractivity contribution in [3.63, 3.8) is 0 Å². The van der Waals surface area contributed by atoms with Gasteiger partial charge in [-0.2, -0.15) is 0 Å². The normalized spacial score (nSPS) is 27.4. The fourth-order valence-corrected chi connectivity index (χ4v) is 2.50. The monoisotopic (exact) mass is 259 g/mol. The zero-order valence-corrected chi connectivity index (χ0v) is 10.5. The molecular formula is C12H21NO5. The number of aliphatic hydroxyl groups excluding tert-OH is 2. The number of carbonyl (C=O) groups excluding carboxylic acids is 1. The summed E-state index contributed by atoms with van der Waals surface area (Å²) in [5.74, 6) is -2.30. The average molecular weight is 259 g/mol. The van der Waals surface area contributed by atoms with Crippen LogP contribution in [-0.2, 0) is 9.59 Å². The van der Waals surface area contributed by atoms with Crippen LogP contribution in [0.3, 0.4) is 0 Å². The van der Waals surface area contributed by atoms with E-state index in [1.165, 1.54) is 0 Å². The van der Waals surface area contributed by atoms with Gasteiger partial charge in [-0.05, 0) is 18.8 Å². The summed E-state index contributed by atoms with van der Waals surface area (Å²) in [5.41, 5.74) is 0. The highest BCUT2D eigenvalue weighted by atomic mass is 16.4. The zero-order chi connectivity index (χ0) is 13.7. The Kier molecular flexibility index (Phi) is 5.55. The number of nitrogens with one attached hydrogen (secondary N) is 1. The molecule has 1 fully saturated rings. The van der Waals surface area contributed by atoms with Gasteiger partial charge in [0.05, 0.1) is 31.1 Å². The SMILES string of the molecule is CCC1CC(C(=O)O)C(C(=O)NC(CO)CO)C1. The number of carboxylic acid groups (broad SMARTS) is 1. The summed E-state index contributed by atoms with van der Waals surface area (Å²) in [5, 5.41) is 29.4. The molecule has 1 rings (SSSR count). The highest BCUT2D eigenvalue weighted by Gasteiger charge is 2.42. The third-order valence-corrected chi connectivity index (χ3v) is 3.68. The van der Waals surface area contributed by atoms with Gasteiger partial charge in [0.15, 0.2) is 0 Å². The number of carboxylic acids is 1. The molecule has 1 amide bonds. The molecule has 4 N–H and O–H groups in total. The Balaban J connectivity index is 2.67. The topological polar surface area (TPSA) is 107 Å². The highest BCUT2D eigenvalue weighted by molar-refractivity contribution is 5.85. The molecule has 0 spiro atoms. The van der Waals surface area contributed by atoms with Gasteiger partial charge in [0.25, 0.3) is 0 Å². The molecular weight excluding hydrogens is 238 g/mol. The number of aliphatic hydroxyl groups is 2. The maximum Gasteiger partial charge on any atom is 0.307 e. The molecule has 1 aliphatic carbocycles. The Morgan fingerprint density at radius 1 is 1.22 bits per heavy atom. The smallest absolute Gasteiger partial charge is 0.307 e. The number of amides is 1. The second-order valence-corrected chi connectivity index (χ2v) is 4.87. The molecule has 3 atom stereocenters. The summed E-state index contributed by atoms with van der Waals surface area (Å²) < 4.78 is 0. The van der Waals surface area contributed by atoms with Crippen molar-refractivity contribution in [2.45, 2.75) is 32.2 Å². The fraction of sp³-hybridized carbons (Fsp3) is 0.833. The molecule has 6 nitrogen and oxygen atoms in total. The van der Waals surface area contributed by atoms with Gasteiger partial charge in [-0.25, -0.2) is 0 Å². The highest BCUT2D eigenvalue weighted by Crippen LogP contribution is 2.38. The van der Waals surface area contributed by atoms with Crippen LogP contribution in [0, 0.1) is 17.8 Å². The standard InChI is InChI=1S/C12H21NO5/c1-2-7-3-9(10(4-7)12(17)18)11(16)13-8(5-14)6-15/h7-10,14-15H,2-6H2,1H3,(H,13,16)(H,17,18). The minimum atomic E-state index is -0.948. The van der Waals surface area contributed by atoms with E-state index in [-0.39, 0.29) is 25.0 Å². The van der Waals surface area contributed by atoms with E-state index < -0.39 is 23.8 Å². The van der Waals surface area contributed by atoms with Crippen molar-refractivity contribution in [1.82, 2.24) is 5.32 Å². The molecule has 0 heterocycles. The van der Waals surface area contributed by atoms with Crippen LogP contribution < -0.4 is 5.32 Å². The predicted octanol–water partition coefficient (Wildman–Crippen LogP) is -0.407. The first-order chi connectivity index (χ1) is 8.53. The van der Waals surface area contributed by atoms with Crippen LogP contribution in [-0.4, -0.2) is 46.5 Å². The molecule has 0 aromatic heterocycles. The molecule has 104 valence electrons. The molecule has 1 aliphatic rings. The molecule has 0 saturated heterocycles. The predicted molar refractivity (Wildman–Crippen MR) is 63.7 cm³/mol. The number of rotatable bonds is 6. The van der Waals surface area contributed by atoms with Crippen LogP contribution in [0.1, 0.15) is 26.2 Å². The van der Waals surface area contributed by atoms with Crippen LogP contribution in [0.25, 0.3) is 0 Å². The van der Waals surface area contributed by atoms with Crippen LogP contribution in [0.5, 0.6) is 0 Å². The van der Waals surface area contributed by atoms with Crippen LogP contribution in [0.2, 0.25) is 0 Å². The number of hydrogen-bond donors (Lipinski definition) is 4. The quantitative estimate of drug-likeness (QED) is 0.519. The summed E-state index contributed by atoms with van der Waals surface area (Å²) in [6, 6.07) is -0.715. The first-order valence-electron chi connectivity index (χ1n) is 6.28. The largest absolute Gasteiger partial charge is 0.481 e. The van der Waals surface area contributed by atoms with Gasteiger partial charge < -0.3 is 20.6 Å². The molecule has 6 heteroatoms. The average Bonchev–Trinajstić information content (AvgIpc) is 2.80. The van der Waals surface area contributed by atoms with Gasteiger partial charge in [0, 0.05) is 0 Å². The molecule has 3 unspecified atom stereocenters. The molecule has 0 bridgehead atoms. The molecule has 18 heavy (non-hydrogen) atoms. The third-order valence-electron chi connectivity index (χ3n) is 3.68. The van der Waals surface area contributed by atoms with E-state index in [1.54, 1.807) is 0 Å². The molecule has 0 aromatic carbocycles. The minimum Gasteiger partial charge on any atom is -0.481 e. The van der Waals surface area contributed by atoms with Gasteiger partial charge in [-0.1, -0.05) is 13.3 Å². The van der Waals surface area contributed by atoms with Crippen molar-refractivity contribution < 1.29 is 24.9 Å². The first-order valence-corrected chi connectivity index (χ1v) is 6.28. The molecule has 0 aromatic rings. The summed E-state index contributed by atoms with van der Waals surface area (Å²) in [7, 11) is 0. The van der Waals surface area contributed by atoms with E-state index in [4.69, 9.17) is 15.3 Å². The van der Waals surface area contributed by atoms with E-state index in [2.05, 4.69) is 5.32 Å². The Morgan fingerprint density at radius 2 is 1.78 bits per heavy atom. The molecule has 0 radical (unpaired) electrons. The Hall–Kier alpha value is -1.14. The van der Waals surface area contributed by atoms with Crippen molar-refractivity contribution in [2.24, 2.45) is 17.8 Å². The summed E-state index contributed by atoms with van der Waals surface area (Å²) >= 11 is 0. The maximum atomic E-state index is 12.0. The lowest BCUT2D eigenvalue weighted by Gasteiger charge is -2.19. The van der Waals surface area contributed by atoms with Gasteiger partial charge in [-0.3, -0.25) is 9.59 Å². The van der Waals surface area contributed by atoms with Crippen molar-refractivity contribution in [2.75, 3.05) is 13.2 Å². The van der Waals surface area contributed by atoms with E-state index in [9.17, 15) is 9.59 Å². The van der Waals surface area contributed by atoms with Crippen molar-refractivity contribution in [1.29, 1.82) is 0 Å². The Morgan fingerprint density at radius 3 is 2.22 bits per heavy atom. The van der Waals surface area contributed by atoms with Crippen molar-refractivity contribution in [3.05, 3.63) is 0 Å². The van der Waals surface area contributed by atoms with Crippen LogP contribution >= 0.6 is 0 Å². The van der Waals surface area contributed by atoms with Crippen LogP contribution in [0.15, 0.2) is 0 Å². The van der Waals surface area contributed by atoms with E-state index in [1.807, 2.05) is 6.92 Å². The second-order valence-electron chi connectivity index (χ2n) is 4.87. The molecule has 1 saturated carbocycles. The summed E-state index contributed by atoms with van der Waals surface area (Å²) in [6.07, 6.45) is 1.94. The summed E-state index contributed by atoms with van der Waals surface area (Å²) in [6.45, 7) is 1.27. The molecule has 0 aliphatic heterocycles. The van der Waals surface area contributed by atoms with Gasteiger partial charge in [0.2, 0.25) is 5.91 Å². The lowest BCUT2D eigenvalue weighted by atomic mass is 9.95. The maximum absolute atomic E-state index is 12.0. The van der Waals surface area contributed by atoms with E-state index in [0.29, 0.717) is 12.8 Å². The Labute approximate surface area is 106 Å². The van der Waals surface area contributed by atoms with Crippen LogP contribution in [0.4, 0.5) is 0 Å².